The second-order valence-corrected chi connectivity index (χ2v) is 7.38. The van der Waals surface area contributed by atoms with Crippen LogP contribution in [-0.2, 0) is 14.3 Å². The number of rotatable bonds is 0. The first-order chi connectivity index (χ1) is 12.6. The molecule has 4 aliphatic rings. The number of ketones is 1. The van der Waals surface area contributed by atoms with E-state index in [-0.39, 0.29) is 49.2 Å². The van der Waals surface area contributed by atoms with Gasteiger partial charge in [0.05, 0.1) is 25.7 Å². The Labute approximate surface area is 152 Å². The highest BCUT2D eigenvalue weighted by Crippen LogP contribution is 2.40. The molecule has 0 radical (unpaired) electrons. The van der Waals surface area contributed by atoms with E-state index in [1.165, 1.54) is 6.07 Å². The van der Waals surface area contributed by atoms with Gasteiger partial charge >= 0.3 is 0 Å². The summed E-state index contributed by atoms with van der Waals surface area (Å²) in [5.74, 6) is 0.371. The number of Topliss-reactive ketones (excluding diaryl/α,β-unsaturated/α-hetero) is 1. The van der Waals surface area contributed by atoms with Crippen molar-refractivity contribution in [3.63, 3.8) is 0 Å². The molecule has 1 saturated carbocycles. The Morgan fingerprint density at radius 3 is 2.69 bits per heavy atom. The third kappa shape index (κ3) is 3.34. The minimum absolute atomic E-state index is 0.0654. The molecule has 2 bridgehead atoms. The van der Waals surface area contributed by atoms with Crippen molar-refractivity contribution in [2.45, 2.75) is 56.6 Å². The third-order valence-corrected chi connectivity index (χ3v) is 5.83. The van der Waals surface area contributed by atoms with Gasteiger partial charge in [-0.3, -0.25) is 9.59 Å². The van der Waals surface area contributed by atoms with Gasteiger partial charge in [-0.2, -0.15) is 0 Å². The van der Waals surface area contributed by atoms with Crippen LogP contribution in [0.25, 0.3) is 0 Å². The average Bonchev–Trinajstić information content (AvgIpc) is 3.01. The lowest BCUT2D eigenvalue weighted by molar-refractivity contribution is -0.138. The highest BCUT2D eigenvalue weighted by atomic mass is 19.1. The van der Waals surface area contributed by atoms with E-state index in [9.17, 15) is 14.0 Å². The average molecular weight is 361 g/mol. The summed E-state index contributed by atoms with van der Waals surface area (Å²) >= 11 is 0. The van der Waals surface area contributed by atoms with Gasteiger partial charge < -0.3 is 14.4 Å². The Bertz CT molecular complexity index is 699. The SMILES string of the molecule is O=C1CCN2C(=O)CCOc3cccc(F)c3C3CCC(CC3)OCC12. The summed E-state index contributed by atoms with van der Waals surface area (Å²) in [6, 6.07) is 4.43. The number of carbonyl (C=O) groups excluding carboxylic acids is 2. The first kappa shape index (κ1) is 17.5. The van der Waals surface area contributed by atoms with Crippen LogP contribution in [0.15, 0.2) is 18.2 Å². The lowest BCUT2D eigenvalue weighted by Gasteiger charge is -2.32. The molecule has 3 heterocycles. The molecule has 6 heteroatoms. The molecule has 1 saturated heterocycles. The number of hydrogen-bond donors (Lipinski definition) is 0. The molecule has 0 aromatic heterocycles. The number of halogens is 1. The predicted molar refractivity (Wildman–Crippen MR) is 92.6 cm³/mol. The van der Waals surface area contributed by atoms with Crippen molar-refractivity contribution < 1.29 is 23.5 Å². The van der Waals surface area contributed by atoms with Crippen LogP contribution in [0.5, 0.6) is 5.75 Å². The van der Waals surface area contributed by atoms with Crippen LogP contribution in [0, 0.1) is 5.82 Å². The van der Waals surface area contributed by atoms with Crippen LogP contribution < -0.4 is 4.74 Å². The van der Waals surface area contributed by atoms with E-state index >= 15 is 0 Å². The third-order valence-electron chi connectivity index (χ3n) is 5.83. The van der Waals surface area contributed by atoms with E-state index in [1.54, 1.807) is 17.0 Å². The number of nitrogens with zero attached hydrogens (tertiary/aromatic N) is 1. The maximum Gasteiger partial charge on any atom is 0.226 e. The van der Waals surface area contributed by atoms with Crippen molar-refractivity contribution in [3.05, 3.63) is 29.6 Å². The molecule has 140 valence electrons. The van der Waals surface area contributed by atoms with Gasteiger partial charge in [0.2, 0.25) is 5.91 Å². The second kappa shape index (κ2) is 7.35. The summed E-state index contributed by atoms with van der Waals surface area (Å²) in [6.45, 7) is 0.901. The monoisotopic (exact) mass is 361 g/mol. The summed E-state index contributed by atoms with van der Waals surface area (Å²) in [4.78, 5) is 26.3. The van der Waals surface area contributed by atoms with Crippen LogP contribution in [0.1, 0.15) is 50.0 Å². The van der Waals surface area contributed by atoms with Gasteiger partial charge in [0.15, 0.2) is 5.78 Å². The summed E-state index contributed by atoms with van der Waals surface area (Å²) in [6.07, 6.45) is 3.96. The number of hydrogen-bond acceptors (Lipinski definition) is 4. The van der Waals surface area contributed by atoms with Crippen LogP contribution in [-0.4, -0.2) is 48.5 Å². The molecular weight excluding hydrogens is 337 g/mol. The van der Waals surface area contributed by atoms with Crippen molar-refractivity contribution in [2.75, 3.05) is 19.8 Å². The summed E-state index contributed by atoms with van der Waals surface area (Å²) in [5, 5.41) is 0. The topological polar surface area (TPSA) is 55.8 Å². The Morgan fingerprint density at radius 1 is 1.08 bits per heavy atom. The van der Waals surface area contributed by atoms with Crippen molar-refractivity contribution in [1.29, 1.82) is 0 Å². The zero-order valence-electron chi connectivity index (χ0n) is 14.8. The van der Waals surface area contributed by atoms with E-state index in [2.05, 4.69) is 0 Å². The Balaban J connectivity index is 1.59. The van der Waals surface area contributed by atoms with Crippen LogP contribution in [0.4, 0.5) is 4.39 Å². The van der Waals surface area contributed by atoms with Gasteiger partial charge in [0.1, 0.15) is 17.6 Å². The van der Waals surface area contributed by atoms with Gasteiger partial charge in [-0.15, -0.1) is 0 Å². The summed E-state index contributed by atoms with van der Waals surface area (Å²) in [5.41, 5.74) is 0.629. The highest BCUT2D eigenvalue weighted by molar-refractivity contribution is 5.92. The van der Waals surface area contributed by atoms with Crippen LogP contribution >= 0.6 is 0 Å². The molecule has 0 N–H and O–H groups in total. The minimum atomic E-state index is -0.465. The van der Waals surface area contributed by atoms with Gasteiger partial charge in [-0.25, -0.2) is 4.39 Å². The molecule has 1 aromatic carbocycles. The normalized spacial score (nSPS) is 29.7. The maximum atomic E-state index is 14.5. The molecule has 5 nitrogen and oxygen atoms in total. The summed E-state index contributed by atoms with van der Waals surface area (Å²) in [7, 11) is 0. The smallest absolute Gasteiger partial charge is 0.226 e. The standard InChI is InChI=1S/C20H24FNO4/c21-15-2-1-3-18-20(15)13-4-6-14(7-5-13)26-12-16-17(23)8-10-22(16)19(24)9-11-25-18/h1-3,13-14,16H,4-12H2. The molecular formula is C20H24FNO4. The molecule has 1 atom stereocenters. The van der Waals surface area contributed by atoms with Crippen LogP contribution in [0.2, 0.25) is 0 Å². The van der Waals surface area contributed by atoms with Gasteiger partial charge in [-0.05, 0) is 43.7 Å². The predicted octanol–water partition coefficient (Wildman–Crippen LogP) is 2.82. The maximum absolute atomic E-state index is 14.5. The highest BCUT2D eigenvalue weighted by Gasteiger charge is 2.37. The fourth-order valence-electron chi connectivity index (χ4n) is 4.38. The zero-order chi connectivity index (χ0) is 18.1. The van der Waals surface area contributed by atoms with Crippen molar-refractivity contribution in [3.8, 4) is 5.75 Å². The molecule has 1 aromatic rings. The Hall–Kier alpha value is -1.95. The fourth-order valence-corrected chi connectivity index (χ4v) is 4.38. The van der Waals surface area contributed by atoms with E-state index < -0.39 is 6.04 Å². The van der Waals surface area contributed by atoms with Gasteiger partial charge in [-0.1, -0.05) is 6.07 Å². The van der Waals surface area contributed by atoms with Crippen LogP contribution in [0.3, 0.4) is 0 Å². The number of benzene rings is 1. The van der Waals surface area contributed by atoms with Crippen molar-refractivity contribution in [1.82, 2.24) is 4.90 Å². The summed E-state index contributed by atoms with van der Waals surface area (Å²) < 4.78 is 26.3. The Kier molecular flexibility index (Phi) is 4.94. The molecule has 2 fully saturated rings. The molecule has 1 aliphatic carbocycles. The van der Waals surface area contributed by atoms with Crippen molar-refractivity contribution >= 4 is 11.7 Å². The zero-order valence-corrected chi connectivity index (χ0v) is 14.8. The second-order valence-electron chi connectivity index (χ2n) is 7.38. The van der Waals surface area contributed by atoms with Crippen molar-refractivity contribution in [2.24, 2.45) is 0 Å². The largest absolute Gasteiger partial charge is 0.493 e. The lowest BCUT2D eigenvalue weighted by Crippen LogP contribution is -2.42. The number of amides is 1. The van der Waals surface area contributed by atoms with E-state index in [0.29, 0.717) is 24.3 Å². The molecule has 1 unspecified atom stereocenters. The molecule has 3 aliphatic heterocycles. The van der Waals surface area contributed by atoms with Gasteiger partial charge in [0.25, 0.3) is 0 Å². The first-order valence-corrected chi connectivity index (χ1v) is 9.48. The number of fused-ring (bicyclic) bond motifs is 6. The van der Waals surface area contributed by atoms with E-state index in [1.807, 2.05) is 0 Å². The van der Waals surface area contributed by atoms with E-state index in [0.717, 1.165) is 25.7 Å². The quantitative estimate of drug-likeness (QED) is 0.713. The fraction of sp³-hybridized carbons (Fsp3) is 0.600. The Morgan fingerprint density at radius 2 is 1.88 bits per heavy atom. The lowest BCUT2D eigenvalue weighted by atomic mass is 9.82. The first-order valence-electron chi connectivity index (χ1n) is 9.48. The number of carbonyl (C=O) groups is 2. The molecule has 0 spiro atoms. The molecule has 1 amide bonds. The van der Waals surface area contributed by atoms with E-state index in [4.69, 9.17) is 9.47 Å². The molecule has 26 heavy (non-hydrogen) atoms. The minimum Gasteiger partial charge on any atom is -0.493 e. The van der Waals surface area contributed by atoms with Gasteiger partial charge in [0, 0.05) is 18.5 Å². The number of ether oxygens (including phenoxy) is 2. The molecule has 5 rings (SSSR count).